The van der Waals surface area contributed by atoms with Crippen LogP contribution in [-0.4, -0.2) is 16.0 Å². The van der Waals surface area contributed by atoms with E-state index in [4.69, 9.17) is 4.52 Å². The van der Waals surface area contributed by atoms with Crippen LogP contribution in [-0.2, 0) is 11.2 Å². The number of rotatable bonds is 5. The zero-order valence-electron chi connectivity index (χ0n) is 13.7. The fourth-order valence-electron chi connectivity index (χ4n) is 2.26. The third-order valence-electron chi connectivity index (χ3n) is 3.68. The van der Waals surface area contributed by atoms with Crippen molar-refractivity contribution in [1.82, 2.24) is 10.1 Å². The maximum absolute atomic E-state index is 12.0. The maximum atomic E-state index is 12.0. The predicted octanol–water partition coefficient (Wildman–Crippen LogP) is 3.92. The largest absolute Gasteiger partial charge is 0.339 e. The molecular weight excluding hydrogens is 302 g/mol. The van der Waals surface area contributed by atoms with Gasteiger partial charge in [0.15, 0.2) is 0 Å². The van der Waals surface area contributed by atoms with Gasteiger partial charge in [0.1, 0.15) is 0 Å². The first-order valence-corrected chi connectivity index (χ1v) is 7.86. The van der Waals surface area contributed by atoms with Gasteiger partial charge in [0.25, 0.3) is 0 Å². The third kappa shape index (κ3) is 4.07. The van der Waals surface area contributed by atoms with Crippen molar-refractivity contribution in [3.8, 4) is 11.4 Å². The molecule has 122 valence electrons. The Balaban J connectivity index is 1.56. The molecule has 0 unspecified atom stereocenters. The number of nitrogens with one attached hydrogen (secondary N) is 1. The summed E-state index contributed by atoms with van der Waals surface area (Å²) in [4.78, 5) is 16.3. The molecule has 1 heterocycles. The Morgan fingerprint density at radius 3 is 2.29 bits per heavy atom. The van der Waals surface area contributed by atoms with Gasteiger partial charge in [-0.15, -0.1) is 0 Å². The summed E-state index contributed by atoms with van der Waals surface area (Å²) in [7, 11) is 0. The minimum absolute atomic E-state index is 0.0751. The number of carbonyl (C=O) groups is 1. The van der Waals surface area contributed by atoms with Gasteiger partial charge in [-0.1, -0.05) is 52.7 Å². The molecule has 0 fully saturated rings. The Kier molecular flexibility index (Phi) is 4.70. The van der Waals surface area contributed by atoms with Gasteiger partial charge >= 0.3 is 0 Å². The van der Waals surface area contributed by atoms with Gasteiger partial charge in [0, 0.05) is 24.1 Å². The van der Waals surface area contributed by atoms with E-state index in [0.717, 1.165) is 16.8 Å². The average Bonchev–Trinajstić information content (AvgIpc) is 3.05. The molecule has 1 aromatic heterocycles. The monoisotopic (exact) mass is 321 g/mol. The zero-order chi connectivity index (χ0) is 16.9. The van der Waals surface area contributed by atoms with Crippen molar-refractivity contribution in [2.75, 3.05) is 5.32 Å². The fourth-order valence-corrected chi connectivity index (χ4v) is 2.26. The molecule has 0 aliphatic rings. The first-order chi connectivity index (χ1) is 11.6. The van der Waals surface area contributed by atoms with Crippen LogP contribution in [0.15, 0.2) is 53.1 Å². The van der Waals surface area contributed by atoms with Crippen LogP contribution >= 0.6 is 0 Å². The summed E-state index contributed by atoms with van der Waals surface area (Å²) in [6.07, 6.45) is 0.708. The average molecular weight is 321 g/mol. The smallest absolute Gasteiger partial charge is 0.227 e. The zero-order valence-corrected chi connectivity index (χ0v) is 13.7. The molecule has 3 aromatic rings. The molecule has 1 amide bonds. The van der Waals surface area contributed by atoms with Crippen LogP contribution < -0.4 is 5.32 Å². The van der Waals surface area contributed by atoms with Crippen molar-refractivity contribution in [2.45, 2.75) is 26.7 Å². The normalized spacial score (nSPS) is 10.6. The van der Waals surface area contributed by atoms with Gasteiger partial charge < -0.3 is 9.84 Å². The molecule has 1 N–H and O–H groups in total. The number of hydrogen-bond donors (Lipinski definition) is 1. The first-order valence-electron chi connectivity index (χ1n) is 7.86. The molecule has 0 saturated carbocycles. The van der Waals surface area contributed by atoms with E-state index >= 15 is 0 Å². The number of benzene rings is 2. The maximum Gasteiger partial charge on any atom is 0.227 e. The van der Waals surface area contributed by atoms with Gasteiger partial charge in [-0.2, -0.15) is 4.98 Å². The van der Waals surface area contributed by atoms with Gasteiger partial charge in [-0.3, -0.25) is 4.79 Å². The van der Waals surface area contributed by atoms with Crippen LogP contribution in [0, 0.1) is 13.8 Å². The number of hydrogen-bond acceptors (Lipinski definition) is 4. The molecule has 0 saturated heterocycles. The number of amides is 1. The molecule has 0 bridgehead atoms. The molecule has 0 aliphatic carbocycles. The van der Waals surface area contributed by atoms with Crippen molar-refractivity contribution >= 4 is 11.6 Å². The van der Waals surface area contributed by atoms with E-state index in [2.05, 4.69) is 15.5 Å². The molecule has 0 aliphatic heterocycles. The van der Waals surface area contributed by atoms with Crippen LogP contribution in [0.3, 0.4) is 0 Å². The summed E-state index contributed by atoms with van der Waals surface area (Å²) in [6.45, 7) is 4.03. The van der Waals surface area contributed by atoms with Gasteiger partial charge in [0.05, 0.1) is 0 Å². The van der Waals surface area contributed by atoms with Gasteiger partial charge in [0.2, 0.25) is 17.6 Å². The van der Waals surface area contributed by atoms with E-state index in [1.54, 1.807) is 0 Å². The lowest BCUT2D eigenvalue weighted by molar-refractivity contribution is -0.116. The van der Waals surface area contributed by atoms with Crippen molar-refractivity contribution in [3.05, 3.63) is 65.5 Å². The summed E-state index contributed by atoms with van der Waals surface area (Å²) in [6, 6.07) is 15.6. The number of carbonyl (C=O) groups excluding carboxylic acids is 1. The molecule has 24 heavy (non-hydrogen) atoms. The second kappa shape index (κ2) is 7.08. The quantitative estimate of drug-likeness (QED) is 0.773. The molecule has 5 nitrogen and oxygen atoms in total. The molecule has 0 spiro atoms. The van der Waals surface area contributed by atoms with Crippen LogP contribution in [0.5, 0.6) is 0 Å². The molecule has 5 heteroatoms. The summed E-state index contributed by atoms with van der Waals surface area (Å²) in [5, 5.41) is 6.83. The van der Waals surface area contributed by atoms with Crippen LogP contribution in [0.1, 0.15) is 23.4 Å². The van der Waals surface area contributed by atoms with Crippen molar-refractivity contribution in [3.63, 3.8) is 0 Å². The SMILES string of the molecule is Cc1ccc(NC(=O)CCc2nc(-c3ccc(C)cc3)no2)cc1. The standard InChI is InChI=1S/C19H19N3O2/c1-13-3-7-15(8-4-13)19-21-18(24-22-19)12-11-17(23)20-16-9-5-14(2)6-10-16/h3-10H,11-12H2,1-2H3,(H,20,23). The fraction of sp³-hybridized carbons (Fsp3) is 0.211. The Morgan fingerprint density at radius 2 is 1.62 bits per heavy atom. The Bertz CT molecular complexity index is 821. The topological polar surface area (TPSA) is 68.0 Å². The van der Waals surface area contributed by atoms with Crippen molar-refractivity contribution in [1.29, 1.82) is 0 Å². The van der Waals surface area contributed by atoms with E-state index in [9.17, 15) is 4.79 Å². The van der Waals surface area contributed by atoms with E-state index in [1.807, 2.05) is 62.4 Å². The van der Waals surface area contributed by atoms with Crippen molar-refractivity contribution < 1.29 is 9.32 Å². The third-order valence-corrected chi connectivity index (χ3v) is 3.68. The lowest BCUT2D eigenvalue weighted by Gasteiger charge is -2.04. The highest BCUT2D eigenvalue weighted by Crippen LogP contribution is 2.17. The lowest BCUT2D eigenvalue weighted by Crippen LogP contribution is -2.12. The summed E-state index contributed by atoms with van der Waals surface area (Å²) in [5.41, 5.74) is 4.02. The minimum Gasteiger partial charge on any atom is -0.339 e. The van der Waals surface area contributed by atoms with Crippen LogP contribution in [0.4, 0.5) is 5.69 Å². The second-order valence-corrected chi connectivity index (χ2v) is 5.79. The van der Waals surface area contributed by atoms with E-state index in [0.29, 0.717) is 24.6 Å². The molecule has 0 atom stereocenters. The lowest BCUT2D eigenvalue weighted by atomic mass is 10.1. The number of anilines is 1. The molecular formula is C19H19N3O2. The summed E-state index contributed by atoms with van der Waals surface area (Å²) < 4.78 is 5.22. The highest BCUT2D eigenvalue weighted by molar-refractivity contribution is 5.90. The highest BCUT2D eigenvalue weighted by atomic mass is 16.5. The van der Waals surface area contributed by atoms with Crippen LogP contribution in [0.25, 0.3) is 11.4 Å². The van der Waals surface area contributed by atoms with E-state index in [-0.39, 0.29) is 5.91 Å². The summed E-state index contributed by atoms with van der Waals surface area (Å²) in [5.74, 6) is 0.933. The minimum atomic E-state index is -0.0751. The number of aryl methyl sites for hydroxylation is 3. The Morgan fingerprint density at radius 1 is 1.00 bits per heavy atom. The second-order valence-electron chi connectivity index (χ2n) is 5.79. The summed E-state index contributed by atoms with van der Waals surface area (Å²) >= 11 is 0. The predicted molar refractivity (Wildman–Crippen MR) is 92.6 cm³/mol. The van der Waals surface area contributed by atoms with E-state index in [1.165, 1.54) is 5.56 Å². The van der Waals surface area contributed by atoms with Gasteiger partial charge in [-0.25, -0.2) is 0 Å². The van der Waals surface area contributed by atoms with Crippen LogP contribution in [0.2, 0.25) is 0 Å². The Hall–Kier alpha value is -2.95. The van der Waals surface area contributed by atoms with Crippen molar-refractivity contribution in [2.24, 2.45) is 0 Å². The first kappa shape index (κ1) is 15.9. The molecule has 0 radical (unpaired) electrons. The van der Waals surface area contributed by atoms with E-state index < -0.39 is 0 Å². The number of nitrogens with zero attached hydrogens (tertiary/aromatic N) is 2. The number of aromatic nitrogens is 2. The highest BCUT2D eigenvalue weighted by Gasteiger charge is 2.10. The van der Waals surface area contributed by atoms with Gasteiger partial charge in [-0.05, 0) is 26.0 Å². The molecule has 3 rings (SSSR count). The Labute approximate surface area is 140 Å². The molecule has 2 aromatic carbocycles.